The summed E-state index contributed by atoms with van der Waals surface area (Å²) in [6.07, 6.45) is 0. The Bertz CT molecular complexity index is 1070. The molecule has 2 amide bonds. The summed E-state index contributed by atoms with van der Waals surface area (Å²) in [5.74, 6) is 0.481. The molecule has 0 aliphatic heterocycles. The smallest absolute Gasteiger partial charge is 0.276 e. The number of halogens is 1. The van der Waals surface area contributed by atoms with Gasteiger partial charge in [-0.1, -0.05) is 36.4 Å². The average molecular weight is 473 g/mol. The van der Waals surface area contributed by atoms with Crippen molar-refractivity contribution in [2.24, 2.45) is 0 Å². The van der Waals surface area contributed by atoms with E-state index in [0.29, 0.717) is 17.2 Å². The zero-order valence-corrected chi connectivity index (χ0v) is 18.1. The summed E-state index contributed by atoms with van der Waals surface area (Å²) in [5, 5.41) is 2.03. The third-order valence-corrected chi connectivity index (χ3v) is 5.02. The third kappa shape index (κ3) is 5.42. The highest BCUT2D eigenvalue weighted by Gasteiger charge is 2.11. The first-order chi connectivity index (χ1) is 14.5. The van der Waals surface area contributed by atoms with Crippen molar-refractivity contribution in [1.29, 1.82) is 0 Å². The van der Waals surface area contributed by atoms with Crippen molar-refractivity contribution in [2.45, 2.75) is 6.92 Å². The van der Waals surface area contributed by atoms with Crippen LogP contribution in [0.1, 0.15) is 5.56 Å². The Hall–Kier alpha value is -3.26. The number of hydrogen-bond donors (Lipinski definition) is 2. The largest absolute Gasteiger partial charge is 0.493 e. The molecule has 0 atom stereocenters. The summed E-state index contributed by atoms with van der Waals surface area (Å²) in [6, 6.07) is 16.9. The van der Waals surface area contributed by atoms with Gasteiger partial charge >= 0.3 is 0 Å². The highest BCUT2D eigenvalue weighted by atomic mass is 79.9. The van der Waals surface area contributed by atoms with Gasteiger partial charge < -0.3 is 14.2 Å². The first kappa shape index (κ1) is 21.4. The van der Waals surface area contributed by atoms with Gasteiger partial charge in [0.15, 0.2) is 24.7 Å². The minimum absolute atomic E-state index is 0.260. The molecule has 30 heavy (non-hydrogen) atoms. The van der Waals surface area contributed by atoms with Gasteiger partial charge in [0.25, 0.3) is 11.8 Å². The normalized spacial score (nSPS) is 10.4. The first-order valence-electron chi connectivity index (χ1n) is 9.13. The summed E-state index contributed by atoms with van der Waals surface area (Å²) in [5.41, 5.74) is 5.59. The Labute approximate surface area is 182 Å². The topological polar surface area (TPSA) is 85.9 Å². The van der Waals surface area contributed by atoms with Gasteiger partial charge in [-0.2, -0.15) is 0 Å². The number of hydrogen-bond acceptors (Lipinski definition) is 5. The highest BCUT2D eigenvalue weighted by Crippen LogP contribution is 2.33. The summed E-state index contributed by atoms with van der Waals surface area (Å²) < 4.78 is 17.0. The van der Waals surface area contributed by atoms with Crippen molar-refractivity contribution >= 4 is 38.5 Å². The first-order valence-corrected chi connectivity index (χ1v) is 9.92. The molecule has 2 N–H and O–H groups in total. The van der Waals surface area contributed by atoms with Crippen molar-refractivity contribution in [3.05, 3.63) is 64.6 Å². The van der Waals surface area contributed by atoms with E-state index < -0.39 is 11.8 Å². The predicted octanol–water partition coefficient (Wildman–Crippen LogP) is 3.52. The molecule has 0 spiro atoms. The number of aryl methyl sites for hydroxylation is 1. The van der Waals surface area contributed by atoms with Gasteiger partial charge in [-0.15, -0.1) is 0 Å². The minimum atomic E-state index is -0.516. The number of amides is 2. The molecule has 0 aromatic heterocycles. The average Bonchev–Trinajstić information content (AvgIpc) is 2.76. The van der Waals surface area contributed by atoms with Gasteiger partial charge in [0.1, 0.15) is 5.75 Å². The van der Waals surface area contributed by atoms with Crippen LogP contribution in [0, 0.1) is 6.92 Å². The molecular formula is C22H21BrN2O5. The second-order valence-corrected chi connectivity index (χ2v) is 7.22. The van der Waals surface area contributed by atoms with Crippen LogP contribution in [0.2, 0.25) is 0 Å². The molecule has 0 heterocycles. The SMILES string of the molecule is COc1cc(C)ccc1OCC(=O)NNC(=O)COc1ccc2ccccc2c1Br. The van der Waals surface area contributed by atoms with Crippen LogP contribution >= 0.6 is 15.9 Å². The molecule has 8 heteroatoms. The zero-order chi connectivity index (χ0) is 21.5. The van der Waals surface area contributed by atoms with Crippen LogP contribution in [0.15, 0.2) is 59.1 Å². The molecule has 0 unspecified atom stereocenters. The minimum Gasteiger partial charge on any atom is -0.493 e. The van der Waals surface area contributed by atoms with Gasteiger partial charge in [-0.05, 0) is 57.4 Å². The van der Waals surface area contributed by atoms with Crippen LogP contribution in [-0.4, -0.2) is 32.1 Å². The molecule has 0 saturated heterocycles. The number of ether oxygens (including phenoxy) is 3. The Kier molecular flexibility index (Phi) is 7.13. The number of rotatable bonds is 7. The van der Waals surface area contributed by atoms with E-state index in [4.69, 9.17) is 14.2 Å². The number of fused-ring (bicyclic) bond motifs is 1. The van der Waals surface area contributed by atoms with Gasteiger partial charge in [-0.3, -0.25) is 20.4 Å². The molecule has 7 nitrogen and oxygen atoms in total. The van der Waals surface area contributed by atoms with E-state index in [2.05, 4.69) is 26.8 Å². The van der Waals surface area contributed by atoms with Crippen LogP contribution in [0.5, 0.6) is 17.2 Å². The van der Waals surface area contributed by atoms with Gasteiger partial charge in [0, 0.05) is 0 Å². The maximum atomic E-state index is 12.0. The van der Waals surface area contributed by atoms with Gasteiger partial charge in [-0.25, -0.2) is 0 Å². The van der Waals surface area contributed by atoms with Crippen LogP contribution in [0.25, 0.3) is 10.8 Å². The lowest BCUT2D eigenvalue weighted by atomic mass is 10.1. The molecule has 3 aromatic rings. The number of methoxy groups -OCH3 is 1. The highest BCUT2D eigenvalue weighted by molar-refractivity contribution is 9.10. The second kappa shape index (κ2) is 9.98. The Balaban J connectivity index is 1.46. The fourth-order valence-electron chi connectivity index (χ4n) is 2.72. The molecule has 0 radical (unpaired) electrons. The van der Waals surface area contributed by atoms with E-state index in [1.54, 1.807) is 18.2 Å². The second-order valence-electron chi connectivity index (χ2n) is 6.43. The van der Waals surface area contributed by atoms with E-state index in [1.807, 2.05) is 43.3 Å². The fraction of sp³-hybridized carbons (Fsp3) is 0.182. The van der Waals surface area contributed by atoms with Gasteiger partial charge in [0.2, 0.25) is 0 Å². The molecule has 0 saturated carbocycles. The van der Waals surface area contributed by atoms with Crippen LogP contribution in [-0.2, 0) is 9.59 Å². The molecule has 3 aromatic carbocycles. The summed E-state index contributed by atoms with van der Waals surface area (Å²) in [4.78, 5) is 23.9. The maximum absolute atomic E-state index is 12.0. The lowest BCUT2D eigenvalue weighted by Gasteiger charge is -2.13. The number of carbonyl (C=O) groups is 2. The van der Waals surface area contributed by atoms with E-state index >= 15 is 0 Å². The Morgan fingerprint density at radius 3 is 2.20 bits per heavy atom. The van der Waals surface area contributed by atoms with E-state index in [0.717, 1.165) is 20.8 Å². The standard InChI is InChI=1S/C22H21BrN2O5/c1-14-7-9-17(19(11-14)28-2)29-12-20(26)24-25-21(27)13-30-18-10-8-15-5-3-4-6-16(15)22(18)23/h3-11H,12-13H2,1-2H3,(H,24,26)(H,25,27). The van der Waals surface area contributed by atoms with Crippen LogP contribution in [0.4, 0.5) is 0 Å². The molecule has 0 aliphatic rings. The van der Waals surface area contributed by atoms with Crippen molar-refractivity contribution in [2.75, 3.05) is 20.3 Å². The van der Waals surface area contributed by atoms with Crippen molar-refractivity contribution in [1.82, 2.24) is 10.9 Å². The molecule has 3 rings (SSSR count). The Morgan fingerprint density at radius 2 is 1.50 bits per heavy atom. The number of benzene rings is 3. The van der Waals surface area contributed by atoms with Crippen LogP contribution in [0.3, 0.4) is 0 Å². The Morgan fingerprint density at radius 1 is 0.867 bits per heavy atom. The molecular weight excluding hydrogens is 452 g/mol. The van der Waals surface area contributed by atoms with Crippen molar-refractivity contribution in [3.8, 4) is 17.2 Å². The zero-order valence-electron chi connectivity index (χ0n) is 16.5. The van der Waals surface area contributed by atoms with Crippen molar-refractivity contribution in [3.63, 3.8) is 0 Å². The fourth-order valence-corrected chi connectivity index (χ4v) is 3.33. The number of nitrogens with one attached hydrogen (secondary N) is 2. The summed E-state index contributed by atoms with van der Waals surface area (Å²) in [7, 11) is 1.52. The molecule has 0 fully saturated rings. The van der Waals surface area contributed by atoms with E-state index in [9.17, 15) is 9.59 Å². The van der Waals surface area contributed by atoms with Crippen LogP contribution < -0.4 is 25.1 Å². The van der Waals surface area contributed by atoms with E-state index in [1.165, 1.54) is 7.11 Å². The lowest BCUT2D eigenvalue weighted by Crippen LogP contribution is -2.45. The summed E-state index contributed by atoms with van der Waals surface area (Å²) in [6.45, 7) is 1.38. The third-order valence-electron chi connectivity index (χ3n) is 4.21. The predicted molar refractivity (Wildman–Crippen MR) is 117 cm³/mol. The maximum Gasteiger partial charge on any atom is 0.276 e. The summed E-state index contributed by atoms with van der Waals surface area (Å²) >= 11 is 3.50. The number of carbonyl (C=O) groups excluding carboxylic acids is 2. The molecule has 0 aliphatic carbocycles. The van der Waals surface area contributed by atoms with E-state index in [-0.39, 0.29) is 13.2 Å². The van der Waals surface area contributed by atoms with Crippen molar-refractivity contribution < 1.29 is 23.8 Å². The molecule has 0 bridgehead atoms. The quantitative estimate of drug-likeness (QED) is 0.513. The monoisotopic (exact) mass is 472 g/mol. The number of hydrazine groups is 1. The lowest BCUT2D eigenvalue weighted by molar-refractivity contribution is -0.131. The molecule has 156 valence electrons. The van der Waals surface area contributed by atoms with Gasteiger partial charge in [0.05, 0.1) is 11.6 Å².